The van der Waals surface area contributed by atoms with Crippen LogP contribution in [-0.4, -0.2) is 31.4 Å². The second-order valence-electron chi connectivity index (χ2n) is 7.83. The molecule has 7 heteroatoms. The van der Waals surface area contributed by atoms with Gasteiger partial charge in [0.1, 0.15) is 0 Å². The predicted octanol–water partition coefficient (Wildman–Crippen LogP) is 5.49. The first-order valence-electron chi connectivity index (χ1n) is 10.5. The van der Waals surface area contributed by atoms with Crippen molar-refractivity contribution in [2.75, 3.05) is 11.1 Å². The summed E-state index contributed by atoms with van der Waals surface area (Å²) in [6.07, 6.45) is 3.46. The molecule has 4 rings (SSSR count). The fourth-order valence-corrected chi connectivity index (χ4v) is 4.03. The van der Waals surface area contributed by atoms with Gasteiger partial charge in [-0.2, -0.15) is 0 Å². The quantitative estimate of drug-likeness (QED) is 0.382. The first-order chi connectivity index (χ1) is 15.5. The lowest BCUT2D eigenvalue weighted by Crippen LogP contribution is -2.14. The molecule has 0 unspecified atom stereocenters. The summed E-state index contributed by atoms with van der Waals surface area (Å²) >= 11 is 1.36. The molecule has 0 saturated carbocycles. The molecular formula is C25H25N5OS. The number of amides is 1. The molecule has 2 aromatic heterocycles. The second kappa shape index (κ2) is 9.78. The van der Waals surface area contributed by atoms with Crippen LogP contribution in [-0.2, 0) is 4.79 Å². The van der Waals surface area contributed by atoms with Crippen molar-refractivity contribution in [1.82, 2.24) is 19.7 Å². The smallest absolute Gasteiger partial charge is 0.234 e. The van der Waals surface area contributed by atoms with Crippen molar-refractivity contribution >= 4 is 23.4 Å². The van der Waals surface area contributed by atoms with E-state index in [0.29, 0.717) is 16.9 Å². The van der Waals surface area contributed by atoms with Crippen LogP contribution in [0.4, 0.5) is 5.69 Å². The number of thioether (sulfide) groups is 1. The summed E-state index contributed by atoms with van der Waals surface area (Å²) in [5, 5.41) is 12.4. The van der Waals surface area contributed by atoms with Crippen LogP contribution in [0.5, 0.6) is 0 Å². The maximum Gasteiger partial charge on any atom is 0.234 e. The van der Waals surface area contributed by atoms with E-state index in [-0.39, 0.29) is 11.7 Å². The van der Waals surface area contributed by atoms with Crippen LogP contribution in [0.2, 0.25) is 0 Å². The minimum Gasteiger partial charge on any atom is -0.325 e. The molecule has 0 aliphatic rings. The summed E-state index contributed by atoms with van der Waals surface area (Å²) in [5.41, 5.74) is 5.02. The molecule has 2 heterocycles. The van der Waals surface area contributed by atoms with E-state index in [1.807, 2.05) is 54.0 Å². The Kier molecular flexibility index (Phi) is 6.66. The van der Waals surface area contributed by atoms with Gasteiger partial charge in [0, 0.05) is 29.3 Å². The zero-order valence-corrected chi connectivity index (χ0v) is 19.1. The fourth-order valence-electron chi connectivity index (χ4n) is 3.28. The zero-order chi connectivity index (χ0) is 22.5. The molecule has 2 aromatic carbocycles. The number of carbonyl (C=O) groups is 1. The molecule has 4 aromatic rings. The van der Waals surface area contributed by atoms with Gasteiger partial charge in [-0.3, -0.25) is 14.3 Å². The van der Waals surface area contributed by atoms with Gasteiger partial charge in [-0.1, -0.05) is 55.4 Å². The van der Waals surface area contributed by atoms with E-state index >= 15 is 0 Å². The Bertz CT molecular complexity index is 1200. The van der Waals surface area contributed by atoms with Crippen LogP contribution in [0.15, 0.2) is 78.2 Å². The Morgan fingerprint density at radius 1 is 1.03 bits per heavy atom. The Morgan fingerprint density at radius 2 is 1.78 bits per heavy atom. The molecule has 0 atom stereocenters. The van der Waals surface area contributed by atoms with Gasteiger partial charge < -0.3 is 5.32 Å². The highest BCUT2D eigenvalue weighted by atomic mass is 32.2. The summed E-state index contributed by atoms with van der Waals surface area (Å²) in [4.78, 5) is 16.7. The minimum atomic E-state index is -0.0835. The van der Waals surface area contributed by atoms with Crippen LogP contribution in [0.3, 0.4) is 0 Å². The average molecular weight is 444 g/mol. The van der Waals surface area contributed by atoms with E-state index in [4.69, 9.17) is 0 Å². The van der Waals surface area contributed by atoms with Crippen LogP contribution in [0.1, 0.15) is 30.9 Å². The number of aryl methyl sites for hydroxylation is 1. The molecule has 32 heavy (non-hydrogen) atoms. The summed E-state index contributed by atoms with van der Waals surface area (Å²) in [7, 11) is 0. The maximum atomic E-state index is 12.6. The number of pyridine rings is 1. The molecular weight excluding hydrogens is 418 g/mol. The van der Waals surface area contributed by atoms with Crippen molar-refractivity contribution in [3.8, 4) is 17.1 Å². The monoisotopic (exact) mass is 443 g/mol. The van der Waals surface area contributed by atoms with Gasteiger partial charge >= 0.3 is 0 Å². The summed E-state index contributed by atoms with van der Waals surface area (Å²) in [5.74, 6) is 1.26. The molecule has 0 radical (unpaired) electrons. The highest BCUT2D eigenvalue weighted by Crippen LogP contribution is 2.28. The standard InChI is InChI=1S/C25H25N5OS/c1-17(2)20-5-4-6-21(15-20)27-23(31)16-32-25-29-28-24(19-11-13-26-14-12-19)30(25)22-9-7-18(3)8-10-22/h4-15,17H,16H2,1-3H3,(H,27,31). The van der Waals surface area contributed by atoms with Crippen LogP contribution in [0, 0.1) is 6.92 Å². The summed E-state index contributed by atoms with van der Waals surface area (Å²) < 4.78 is 1.98. The van der Waals surface area contributed by atoms with E-state index in [0.717, 1.165) is 16.9 Å². The van der Waals surface area contributed by atoms with E-state index in [2.05, 4.69) is 52.5 Å². The number of hydrogen-bond donors (Lipinski definition) is 1. The topological polar surface area (TPSA) is 72.7 Å². The number of nitrogens with zero attached hydrogens (tertiary/aromatic N) is 4. The average Bonchev–Trinajstić information content (AvgIpc) is 3.23. The number of rotatable bonds is 7. The first kappa shape index (κ1) is 21.8. The van der Waals surface area contributed by atoms with Crippen molar-refractivity contribution in [3.63, 3.8) is 0 Å². The van der Waals surface area contributed by atoms with Gasteiger partial charge in [0.05, 0.1) is 5.75 Å². The third-order valence-electron chi connectivity index (χ3n) is 5.03. The Hall–Kier alpha value is -3.45. The number of anilines is 1. The lowest BCUT2D eigenvalue weighted by Gasteiger charge is -2.11. The molecule has 1 amide bonds. The Labute approximate surface area is 192 Å². The molecule has 0 aliphatic carbocycles. The van der Waals surface area contributed by atoms with Gasteiger partial charge in [-0.15, -0.1) is 10.2 Å². The van der Waals surface area contributed by atoms with E-state index in [9.17, 15) is 4.79 Å². The van der Waals surface area contributed by atoms with Crippen LogP contribution >= 0.6 is 11.8 Å². The number of nitrogens with one attached hydrogen (secondary N) is 1. The Morgan fingerprint density at radius 3 is 2.50 bits per heavy atom. The van der Waals surface area contributed by atoms with Gasteiger partial charge in [-0.25, -0.2) is 0 Å². The van der Waals surface area contributed by atoms with Crippen LogP contribution < -0.4 is 5.32 Å². The zero-order valence-electron chi connectivity index (χ0n) is 18.3. The van der Waals surface area contributed by atoms with E-state index in [1.54, 1.807) is 12.4 Å². The lowest BCUT2D eigenvalue weighted by atomic mass is 10.0. The number of benzene rings is 2. The number of hydrogen-bond acceptors (Lipinski definition) is 5. The lowest BCUT2D eigenvalue weighted by molar-refractivity contribution is -0.113. The highest BCUT2D eigenvalue weighted by molar-refractivity contribution is 7.99. The minimum absolute atomic E-state index is 0.0835. The second-order valence-corrected chi connectivity index (χ2v) is 8.77. The summed E-state index contributed by atoms with van der Waals surface area (Å²) in [6, 6.07) is 19.9. The van der Waals surface area contributed by atoms with Gasteiger partial charge in [0.15, 0.2) is 11.0 Å². The highest BCUT2D eigenvalue weighted by Gasteiger charge is 2.17. The van der Waals surface area contributed by atoms with Crippen molar-refractivity contribution in [3.05, 3.63) is 84.2 Å². The predicted molar refractivity (Wildman–Crippen MR) is 129 cm³/mol. The molecule has 162 valence electrons. The molecule has 1 N–H and O–H groups in total. The number of carbonyl (C=O) groups excluding carboxylic acids is 1. The molecule has 0 bridgehead atoms. The number of aromatic nitrogens is 4. The van der Waals surface area contributed by atoms with Gasteiger partial charge in [0.2, 0.25) is 5.91 Å². The molecule has 0 aliphatic heterocycles. The first-order valence-corrected chi connectivity index (χ1v) is 11.5. The largest absolute Gasteiger partial charge is 0.325 e. The maximum absolute atomic E-state index is 12.6. The van der Waals surface area contributed by atoms with Crippen LogP contribution in [0.25, 0.3) is 17.1 Å². The Balaban J connectivity index is 1.56. The molecule has 6 nitrogen and oxygen atoms in total. The third-order valence-corrected chi connectivity index (χ3v) is 5.96. The normalized spacial score (nSPS) is 11.0. The van der Waals surface area contributed by atoms with E-state index in [1.165, 1.54) is 22.9 Å². The van der Waals surface area contributed by atoms with Crippen molar-refractivity contribution in [1.29, 1.82) is 0 Å². The third kappa shape index (κ3) is 5.06. The van der Waals surface area contributed by atoms with Crippen molar-refractivity contribution in [2.24, 2.45) is 0 Å². The van der Waals surface area contributed by atoms with Gasteiger partial charge in [-0.05, 0) is 54.8 Å². The molecule has 0 fully saturated rings. The van der Waals surface area contributed by atoms with Crippen molar-refractivity contribution < 1.29 is 4.79 Å². The van der Waals surface area contributed by atoms with Gasteiger partial charge in [0.25, 0.3) is 0 Å². The molecule has 0 saturated heterocycles. The summed E-state index contributed by atoms with van der Waals surface area (Å²) in [6.45, 7) is 6.32. The van der Waals surface area contributed by atoms with E-state index < -0.39 is 0 Å². The fraction of sp³-hybridized carbons (Fsp3) is 0.200. The SMILES string of the molecule is Cc1ccc(-n2c(SCC(=O)Nc3cccc(C(C)C)c3)nnc2-c2ccncc2)cc1. The van der Waals surface area contributed by atoms with Crippen molar-refractivity contribution in [2.45, 2.75) is 31.8 Å². The molecule has 0 spiro atoms.